The largest absolute Gasteiger partial charge is 0.237 e. The highest BCUT2D eigenvalue weighted by atomic mass is 19.1. The summed E-state index contributed by atoms with van der Waals surface area (Å²) in [6, 6.07) is 6.50. The van der Waals surface area contributed by atoms with Crippen LogP contribution in [-0.2, 0) is 6.42 Å². The Morgan fingerprint density at radius 1 is 1.31 bits per heavy atom. The lowest BCUT2D eigenvalue weighted by Crippen LogP contribution is -1.99. The molecule has 2 aromatic rings. The van der Waals surface area contributed by atoms with Gasteiger partial charge in [-0.1, -0.05) is 13.0 Å². The van der Waals surface area contributed by atoms with Crippen LogP contribution < -0.4 is 0 Å². The fourth-order valence-corrected chi connectivity index (χ4v) is 2.05. The van der Waals surface area contributed by atoms with E-state index in [4.69, 9.17) is 0 Å². The third-order valence-corrected chi connectivity index (χ3v) is 2.85. The van der Waals surface area contributed by atoms with Crippen molar-refractivity contribution in [3.63, 3.8) is 0 Å². The van der Waals surface area contributed by atoms with Crippen molar-refractivity contribution in [3.05, 3.63) is 47.0 Å². The summed E-state index contributed by atoms with van der Waals surface area (Å²) in [6.07, 6.45) is 0.951. The molecule has 84 valence electrons. The third kappa shape index (κ3) is 1.73. The average Bonchev–Trinajstić information content (AvgIpc) is 2.54. The van der Waals surface area contributed by atoms with Gasteiger partial charge in [0.05, 0.1) is 11.4 Å². The number of rotatable bonds is 2. The summed E-state index contributed by atoms with van der Waals surface area (Å²) in [5.41, 5.74) is 4.12. The molecule has 0 aliphatic heterocycles. The number of nitrogens with zero attached hydrogens (tertiary/aromatic N) is 2. The van der Waals surface area contributed by atoms with E-state index in [2.05, 4.69) is 12.0 Å². The molecule has 0 saturated carbocycles. The minimum atomic E-state index is -0.233. The summed E-state index contributed by atoms with van der Waals surface area (Å²) in [7, 11) is 0. The van der Waals surface area contributed by atoms with Gasteiger partial charge in [0.15, 0.2) is 0 Å². The third-order valence-electron chi connectivity index (χ3n) is 2.85. The topological polar surface area (TPSA) is 17.8 Å². The van der Waals surface area contributed by atoms with Gasteiger partial charge in [-0.3, -0.25) is 0 Å². The predicted octanol–water partition coefficient (Wildman–Crippen LogP) is 3.19. The predicted molar refractivity (Wildman–Crippen MR) is 62.4 cm³/mol. The summed E-state index contributed by atoms with van der Waals surface area (Å²) >= 11 is 0. The molecule has 0 radical (unpaired) electrons. The summed E-state index contributed by atoms with van der Waals surface area (Å²) in [6.45, 7) is 6.11. The molecule has 1 aromatic carbocycles. The molecule has 2 rings (SSSR count). The zero-order valence-electron chi connectivity index (χ0n) is 9.79. The van der Waals surface area contributed by atoms with E-state index in [0.717, 1.165) is 23.5 Å². The maximum absolute atomic E-state index is 13.1. The van der Waals surface area contributed by atoms with Gasteiger partial charge in [0, 0.05) is 5.69 Å². The second-order valence-electron chi connectivity index (χ2n) is 3.89. The summed E-state index contributed by atoms with van der Waals surface area (Å²) in [4.78, 5) is 0. The van der Waals surface area contributed by atoms with Crippen molar-refractivity contribution in [2.45, 2.75) is 27.2 Å². The number of halogens is 1. The average molecular weight is 218 g/mol. The summed E-state index contributed by atoms with van der Waals surface area (Å²) < 4.78 is 14.9. The standard InChI is InChI=1S/C13H15FN2/c1-4-13-9(2)15-16(10(13)3)12-7-5-6-11(14)8-12/h5-8H,4H2,1-3H3. The molecule has 0 fully saturated rings. The molecule has 3 heteroatoms. The molecular weight excluding hydrogens is 203 g/mol. The molecular formula is C13H15FN2. The maximum atomic E-state index is 13.1. The number of aromatic nitrogens is 2. The van der Waals surface area contributed by atoms with Crippen molar-refractivity contribution in [1.82, 2.24) is 9.78 Å². The van der Waals surface area contributed by atoms with E-state index in [0.29, 0.717) is 0 Å². The minimum Gasteiger partial charge on any atom is -0.237 e. The van der Waals surface area contributed by atoms with Crippen molar-refractivity contribution in [2.75, 3.05) is 0 Å². The Labute approximate surface area is 94.7 Å². The van der Waals surface area contributed by atoms with Crippen LogP contribution in [0.3, 0.4) is 0 Å². The zero-order valence-corrected chi connectivity index (χ0v) is 9.79. The summed E-state index contributed by atoms with van der Waals surface area (Å²) in [5, 5.41) is 4.44. The molecule has 0 aliphatic carbocycles. The van der Waals surface area contributed by atoms with Crippen LogP contribution in [0.5, 0.6) is 0 Å². The SMILES string of the molecule is CCc1c(C)nn(-c2cccc(F)c2)c1C. The van der Waals surface area contributed by atoms with Gasteiger partial charge < -0.3 is 0 Å². The molecule has 1 heterocycles. The lowest BCUT2D eigenvalue weighted by Gasteiger charge is -2.04. The van der Waals surface area contributed by atoms with Gasteiger partial charge in [0.2, 0.25) is 0 Å². The normalized spacial score (nSPS) is 10.8. The molecule has 0 N–H and O–H groups in total. The lowest BCUT2D eigenvalue weighted by molar-refractivity contribution is 0.625. The highest BCUT2D eigenvalue weighted by Crippen LogP contribution is 2.18. The fourth-order valence-electron chi connectivity index (χ4n) is 2.05. The van der Waals surface area contributed by atoms with E-state index < -0.39 is 0 Å². The van der Waals surface area contributed by atoms with E-state index in [1.54, 1.807) is 10.7 Å². The molecule has 0 amide bonds. The Kier molecular flexibility index (Phi) is 2.77. The van der Waals surface area contributed by atoms with Gasteiger partial charge in [-0.05, 0) is 44.0 Å². The van der Waals surface area contributed by atoms with Crippen LogP contribution in [0, 0.1) is 19.7 Å². The molecule has 0 aliphatic rings. The van der Waals surface area contributed by atoms with Crippen LogP contribution in [-0.4, -0.2) is 9.78 Å². The summed E-state index contributed by atoms with van der Waals surface area (Å²) in [5.74, 6) is -0.233. The van der Waals surface area contributed by atoms with Crippen LogP contribution >= 0.6 is 0 Å². The fraction of sp³-hybridized carbons (Fsp3) is 0.308. The van der Waals surface area contributed by atoms with E-state index in [1.807, 2.05) is 19.9 Å². The monoisotopic (exact) mass is 218 g/mol. The molecule has 2 nitrogen and oxygen atoms in total. The molecule has 0 saturated heterocycles. The van der Waals surface area contributed by atoms with Crippen molar-refractivity contribution in [3.8, 4) is 5.69 Å². The van der Waals surface area contributed by atoms with Crippen molar-refractivity contribution in [1.29, 1.82) is 0 Å². The smallest absolute Gasteiger partial charge is 0.125 e. The second kappa shape index (κ2) is 4.08. The first-order valence-corrected chi connectivity index (χ1v) is 5.44. The molecule has 16 heavy (non-hydrogen) atoms. The van der Waals surface area contributed by atoms with Gasteiger partial charge in [-0.25, -0.2) is 9.07 Å². The van der Waals surface area contributed by atoms with Gasteiger partial charge >= 0.3 is 0 Å². The quantitative estimate of drug-likeness (QED) is 0.757. The van der Waals surface area contributed by atoms with E-state index in [-0.39, 0.29) is 5.82 Å². The van der Waals surface area contributed by atoms with Crippen LogP contribution in [0.4, 0.5) is 4.39 Å². The highest BCUT2D eigenvalue weighted by molar-refractivity contribution is 5.37. The minimum absolute atomic E-state index is 0.233. The van der Waals surface area contributed by atoms with Crippen molar-refractivity contribution in [2.24, 2.45) is 0 Å². The first-order chi connectivity index (χ1) is 7.63. The molecule has 1 aromatic heterocycles. The van der Waals surface area contributed by atoms with Crippen LogP contribution in [0.2, 0.25) is 0 Å². The van der Waals surface area contributed by atoms with Gasteiger partial charge in [0.1, 0.15) is 5.82 Å². The number of benzene rings is 1. The first kappa shape index (κ1) is 10.9. The first-order valence-electron chi connectivity index (χ1n) is 5.44. The van der Waals surface area contributed by atoms with Crippen molar-refractivity contribution >= 4 is 0 Å². The van der Waals surface area contributed by atoms with Gasteiger partial charge in [-0.2, -0.15) is 5.10 Å². The molecule has 0 spiro atoms. The molecule has 0 bridgehead atoms. The van der Waals surface area contributed by atoms with Crippen molar-refractivity contribution < 1.29 is 4.39 Å². The Hall–Kier alpha value is -1.64. The Morgan fingerprint density at radius 2 is 2.06 bits per heavy atom. The molecule has 0 unspecified atom stereocenters. The number of hydrogen-bond acceptors (Lipinski definition) is 1. The Bertz CT molecular complexity index is 515. The zero-order chi connectivity index (χ0) is 11.7. The van der Waals surface area contributed by atoms with Gasteiger partial charge in [-0.15, -0.1) is 0 Å². The van der Waals surface area contributed by atoms with Crippen LogP contribution in [0.15, 0.2) is 24.3 Å². The number of aryl methyl sites for hydroxylation is 1. The number of hydrogen-bond donors (Lipinski definition) is 0. The Balaban J connectivity index is 2.56. The van der Waals surface area contributed by atoms with Crippen LogP contribution in [0.25, 0.3) is 5.69 Å². The lowest BCUT2D eigenvalue weighted by atomic mass is 10.1. The van der Waals surface area contributed by atoms with E-state index in [9.17, 15) is 4.39 Å². The maximum Gasteiger partial charge on any atom is 0.125 e. The second-order valence-corrected chi connectivity index (χ2v) is 3.89. The van der Waals surface area contributed by atoms with Gasteiger partial charge in [0.25, 0.3) is 0 Å². The Morgan fingerprint density at radius 3 is 2.62 bits per heavy atom. The molecule has 0 atom stereocenters. The van der Waals surface area contributed by atoms with E-state index >= 15 is 0 Å². The van der Waals surface area contributed by atoms with Crippen LogP contribution in [0.1, 0.15) is 23.9 Å². The highest BCUT2D eigenvalue weighted by Gasteiger charge is 2.10. The van der Waals surface area contributed by atoms with E-state index in [1.165, 1.54) is 17.7 Å².